The fraction of sp³-hybridized carbons (Fsp3) is 0.0192. The molecule has 1 aliphatic carbocycles. The molecule has 0 saturated heterocycles. The standard InChI is InChI=1S/C52H30N4OS/c1-2-15-31(16-3-1)49-53-50(36-21-14-20-35-34-19-6-11-26-45(34)57-48(35)36)55-51(54-49)56-43-25-10-5-18-33(43)38-29-37-32-17-4-7-22-39(32)52(42(37)30-44(38)56)40-23-8-12-27-46(40)58-47-28-13-9-24-41(47)52/h1-30H. The van der Waals surface area contributed by atoms with E-state index in [2.05, 4.69) is 144 Å². The van der Waals surface area contributed by atoms with Crippen LogP contribution in [0.25, 0.3) is 83.6 Å². The first kappa shape index (κ1) is 31.9. The van der Waals surface area contributed by atoms with Crippen LogP contribution in [-0.2, 0) is 5.41 Å². The number of benzene rings is 8. The summed E-state index contributed by atoms with van der Waals surface area (Å²) in [6.07, 6.45) is 0. The van der Waals surface area contributed by atoms with Crippen molar-refractivity contribution in [2.75, 3.05) is 0 Å². The average molecular weight is 759 g/mol. The summed E-state index contributed by atoms with van der Waals surface area (Å²) in [5, 5.41) is 4.38. The number of rotatable bonds is 3. The van der Waals surface area contributed by atoms with Crippen LogP contribution in [0.2, 0.25) is 0 Å². The molecule has 4 heterocycles. The molecule has 0 unspecified atom stereocenters. The SMILES string of the molecule is c1ccc(-c2nc(-c3cccc4c3oc3ccccc34)nc(-n3c4ccccc4c4cc5c(cc43)C3(c4ccccc4Sc4ccccc43)c3ccccc3-5)n2)cc1. The third kappa shape index (κ3) is 4.24. The molecule has 0 atom stereocenters. The molecule has 0 bridgehead atoms. The van der Waals surface area contributed by atoms with Gasteiger partial charge in [-0.2, -0.15) is 9.97 Å². The molecule has 270 valence electrons. The van der Waals surface area contributed by atoms with Crippen molar-refractivity contribution in [2.24, 2.45) is 0 Å². The quantitative estimate of drug-likeness (QED) is 0.180. The van der Waals surface area contributed by atoms with Crippen molar-refractivity contribution >= 4 is 55.5 Å². The van der Waals surface area contributed by atoms with Crippen LogP contribution < -0.4 is 0 Å². The smallest absolute Gasteiger partial charge is 0.238 e. The second kappa shape index (κ2) is 11.9. The van der Waals surface area contributed by atoms with Crippen LogP contribution in [0.1, 0.15) is 22.3 Å². The number of fused-ring (bicyclic) bond motifs is 15. The summed E-state index contributed by atoms with van der Waals surface area (Å²) in [6, 6.07) is 64.9. The van der Waals surface area contributed by atoms with Gasteiger partial charge in [0.2, 0.25) is 5.95 Å². The molecule has 5 nitrogen and oxygen atoms in total. The lowest BCUT2D eigenvalue weighted by Gasteiger charge is -2.39. The second-order valence-electron chi connectivity index (χ2n) is 15.1. The van der Waals surface area contributed by atoms with Crippen molar-refractivity contribution < 1.29 is 4.42 Å². The van der Waals surface area contributed by atoms with Crippen molar-refractivity contribution in [3.05, 3.63) is 204 Å². The first-order chi connectivity index (χ1) is 28.8. The molecule has 58 heavy (non-hydrogen) atoms. The molecular formula is C52H30N4OS. The van der Waals surface area contributed by atoms with E-state index in [1.807, 2.05) is 54.2 Å². The van der Waals surface area contributed by atoms with Gasteiger partial charge in [0, 0.05) is 36.9 Å². The first-order valence-electron chi connectivity index (χ1n) is 19.5. The molecule has 3 aromatic heterocycles. The van der Waals surface area contributed by atoms with Crippen molar-refractivity contribution in [1.82, 2.24) is 19.5 Å². The Balaban J connectivity index is 1.15. The molecule has 1 spiro atoms. The molecule has 0 amide bonds. The van der Waals surface area contributed by atoms with Gasteiger partial charge < -0.3 is 4.42 Å². The van der Waals surface area contributed by atoms with E-state index >= 15 is 0 Å². The summed E-state index contributed by atoms with van der Waals surface area (Å²) in [6.45, 7) is 0. The Bertz CT molecular complexity index is 3470. The largest absolute Gasteiger partial charge is 0.455 e. The summed E-state index contributed by atoms with van der Waals surface area (Å²) in [4.78, 5) is 18.4. The van der Waals surface area contributed by atoms with Crippen LogP contribution in [0, 0.1) is 0 Å². The summed E-state index contributed by atoms with van der Waals surface area (Å²) in [5.41, 5.74) is 12.6. The Morgan fingerprint density at radius 3 is 1.90 bits per heavy atom. The van der Waals surface area contributed by atoms with Crippen molar-refractivity contribution in [3.8, 4) is 39.9 Å². The van der Waals surface area contributed by atoms with Crippen molar-refractivity contribution in [2.45, 2.75) is 15.2 Å². The maximum Gasteiger partial charge on any atom is 0.238 e. The fourth-order valence-corrected chi connectivity index (χ4v) is 10.9. The highest BCUT2D eigenvalue weighted by molar-refractivity contribution is 7.99. The van der Waals surface area contributed by atoms with Crippen molar-refractivity contribution in [3.63, 3.8) is 0 Å². The van der Waals surface area contributed by atoms with Gasteiger partial charge in [-0.1, -0.05) is 151 Å². The minimum atomic E-state index is -0.518. The monoisotopic (exact) mass is 758 g/mol. The number of furan rings is 1. The molecule has 8 aromatic carbocycles. The van der Waals surface area contributed by atoms with Crippen LogP contribution in [0.4, 0.5) is 0 Å². The highest BCUT2D eigenvalue weighted by Gasteiger charge is 2.50. The normalized spacial score (nSPS) is 13.6. The van der Waals surface area contributed by atoms with E-state index < -0.39 is 5.41 Å². The van der Waals surface area contributed by atoms with E-state index in [0.717, 1.165) is 54.9 Å². The lowest BCUT2D eigenvalue weighted by atomic mass is 9.67. The van der Waals surface area contributed by atoms with Crippen LogP contribution in [0.5, 0.6) is 0 Å². The van der Waals surface area contributed by atoms with Crippen LogP contribution >= 0.6 is 11.8 Å². The highest BCUT2D eigenvalue weighted by Crippen LogP contribution is 2.62. The molecule has 2 aliphatic rings. The predicted molar refractivity (Wildman–Crippen MR) is 234 cm³/mol. The third-order valence-electron chi connectivity index (χ3n) is 12.1. The molecular weight excluding hydrogens is 729 g/mol. The zero-order valence-corrected chi connectivity index (χ0v) is 31.7. The second-order valence-corrected chi connectivity index (χ2v) is 16.2. The summed E-state index contributed by atoms with van der Waals surface area (Å²) in [5.74, 6) is 1.70. The lowest BCUT2D eigenvalue weighted by molar-refractivity contribution is 0.669. The highest BCUT2D eigenvalue weighted by atomic mass is 32.2. The number of aromatic nitrogens is 4. The van der Waals surface area contributed by atoms with E-state index in [4.69, 9.17) is 19.4 Å². The predicted octanol–water partition coefficient (Wildman–Crippen LogP) is 13.0. The number of nitrogens with zero attached hydrogens (tertiary/aromatic N) is 4. The number of hydrogen-bond acceptors (Lipinski definition) is 5. The van der Waals surface area contributed by atoms with Gasteiger partial charge in [-0.15, -0.1) is 0 Å². The van der Waals surface area contributed by atoms with Crippen LogP contribution in [0.3, 0.4) is 0 Å². The molecule has 11 aromatic rings. The molecule has 1 aliphatic heterocycles. The van der Waals surface area contributed by atoms with Crippen LogP contribution in [-0.4, -0.2) is 19.5 Å². The Hall–Kier alpha value is -7.28. The molecule has 0 radical (unpaired) electrons. The number of hydrogen-bond donors (Lipinski definition) is 0. The fourth-order valence-electron chi connectivity index (χ4n) is 9.75. The Kier molecular flexibility index (Phi) is 6.52. The van der Waals surface area contributed by atoms with Crippen molar-refractivity contribution in [1.29, 1.82) is 0 Å². The van der Waals surface area contributed by atoms with Gasteiger partial charge in [0.05, 0.1) is 22.0 Å². The molecule has 13 rings (SSSR count). The zero-order chi connectivity index (χ0) is 38.0. The summed E-state index contributed by atoms with van der Waals surface area (Å²) in [7, 11) is 0. The molecule has 0 saturated carbocycles. The Labute approximate surface area is 337 Å². The molecule has 6 heteroatoms. The Morgan fingerprint density at radius 1 is 0.431 bits per heavy atom. The van der Waals surface area contributed by atoms with E-state index in [-0.39, 0.29) is 0 Å². The summed E-state index contributed by atoms with van der Waals surface area (Å²) < 4.78 is 8.79. The third-order valence-corrected chi connectivity index (χ3v) is 13.3. The van der Waals surface area contributed by atoms with Gasteiger partial charge in [0.25, 0.3) is 0 Å². The van der Waals surface area contributed by atoms with E-state index in [1.165, 1.54) is 43.2 Å². The topological polar surface area (TPSA) is 56.7 Å². The van der Waals surface area contributed by atoms with Gasteiger partial charge in [0.1, 0.15) is 11.2 Å². The molecule has 0 N–H and O–H groups in total. The van der Waals surface area contributed by atoms with Crippen LogP contribution in [0.15, 0.2) is 196 Å². The van der Waals surface area contributed by atoms with E-state index in [9.17, 15) is 0 Å². The maximum absolute atomic E-state index is 6.55. The maximum atomic E-state index is 6.55. The summed E-state index contributed by atoms with van der Waals surface area (Å²) >= 11 is 1.86. The number of para-hydroxylation sites is 3. The van der Waals surface area contributed by atoms with E-state index in [1.54, 1.807) is 0 Å². The first-order valence-corrected chi connectivity index (χ1v) is 20.3. The minimum Gasteiger partial charge on any atom is -0.455 e. The van der Waals surface area contributed by atoms with Gasteiger partial charge in [-0.25, -0.2) is 4.98 Å². The van der Waals surface area contributed by atoms with Gasteiger partial charge in [-0.05, 0) is 75.8 Å². The van der Waals surface area contributed by atoms with E-state index in [0.29, 0.717) is 17.6 Å². The van der Waals surface area contributed by atoms with Gasteiger partial charge in [-0.3, -0.25) is 4.57 Å². The average Bonchev–Trinajstić information content (AvgIpc) is 3.92. The lowest BCUT2D eigenvalue weighted by Crippen LogP contribution is -2.31. The zero-order valence-electron chi connectivity index (χ0n) is 30.9. The minimum absolute atomic E-state index is 0.518. The molecule has 0 fully saturated rings. The van der Waals surface area contributed by atoms with Gasteiger partial charge in [0.15, 0.2) is 11.6 Å². The Morgan fingerprint density at radius 2 is 1.07 bits per heavy atom. The van der Waals surface area contributed by atoms with Gasteiger partial charge >= 0.3 is 0 Å².